The first-order chi connectivity index (χ1) is 13.9. The zero-order chi connectivity index (χ0) is 21.0. The molecule has 0 spiro atoms. The van der Waals surface area contributed by atoms with E-state index in [2.05, 4.69) is 15.7 Å². The number of rotatable bonds is 7. The standard InChI is InChI=1S/C18H17N5O6/c1-2-18(12-7-4-3-5-8-12)16(25)22(17(26)20-18)21-14(24)11-29-13-9-6-10-19-15(13)23(27)28/h3-10H,2,11H2,1H3,(H,20,26)(H,21,24). The molecule has 0 bridgehead atoms. The van der Waals surface area contributed by atoms with Gasteiger partial charge < -0.3 is 20.2 Å². The van der Waals surface area contributed by atoms with Crippen molar-refractivity contribution in [2.24, 2.45) is 0 Å². The molecule has 11 nitrogen and oxygen atoms in total. The number of pyridine rings is 1. The molecule has 1 aliphatic rings. The SMILES string of the molecule is CCC1(c2ccccc2)NC(=O)N(NC(=O)COc2cccnc2[N+](=O)[O-])C1=O. The van der Waals surface area contributed by atoms with Gasteiger partial charge in [-0.1, -0.05) is 37.3 Å². The number of ether oxygens (including phenoxy) is 1. The number of nitro groups is 1. The number of benzene rings is 1. The monoisotopic (exact) mass is 399 g/mol. The number of amides is 4. The number of imide groups is 1. The lowest BCUT2D eigenvalue weighted by Gasteiger charge is -2.25. The molecule has 11 heteroatoms. The molecule has 150 valence electrons. The van der Waals surface area contributed by atoms with Crippen molar-refractivity contribution in [2.75, 3.05) is 6.61 Å². The third kappa shape index (κ3) is 3.70. The summed E-state index contributed by atoms with van der Waals surface area (Å²) in [6, 6.07) is 10.6. The average molecular weight is 399 g/mol. The molecule has 29 heavy (non-hydrogen) atoms. The number of carbonyl (C=O) groups is 3. The Morgan fingerprint density at radius 2 is 2.00 bits per heavy atom. The first-order valence-corrected chi connectivity index (χ1v) is 8.63. The van der Waals surface area contributed by atoms with E-state index in [0.29, 0.717) is 10.6 Å². The number of nitrogens with zero attached hydrogens (tertiary/aromatic N) is 3. The van der Waals surface area contributed by atoms with Gasteiger partial charge in [-0.05, 0) is 34.0 Å². The summed E-state index contributed by atoms with van der Waals surface area (Å²) in [7, 11) is 0. The number of nitrogens with one attached hydrogen (secondary N) is 2. The Morgan fingerprint density at radius 3 is 2.66 bits per heavy atom. The van der Waals surface area contributed by atoms with Crippen LogP contribution in [0.5, 0.6) is 5.75 Å². The average Bonchev–Trinajstić information content (AvgIpc) is 2.98. The van der Waals surface area contributed by atoms with Crippen LogP contribution in [0.1, 0.15) is 18.9 Å². The highest BCUT2D eigenvalue weighted by Crippen LogP contribution is 2.31. The predicted molar refractivity (Wildman–Crippen MR) is 98.3 cm³/mol. The van der Waals surface area contributed by atoms with Crippen molar-refractivity contribution >= 4 is 23.7 Å². The number of aromatic nitrogens is 1. The number of carbonyl (C=O) groups excluding carboxylic acids is 3. The molecule has 1 aromatic carbocycles. The van der Waals surface area contributed by atoms with E-state index in [0.717, 1.165) is 0 Å². The van der Waals surface area contributed by atoms with Crippen LogP contribution in [0.25, 0.3) is 0 Å². The number of hydrazine groups is 1. The lowest BCUT2D eigenvalue weighted by atomic mass is 9.87. The summed E-state index contributed by atoms with van der Waals surface area (Å²) in [5, 5.41) is 14.1. The maximum absolute atomic E-state index is 12.9. The van der Waals surface area contributed by atoms with Crippen LogP contribution in [0.3, 0.4) is 0 Å². The van der Waals surface area contributed by atoms with E-state index >= 15 is 0 Å². The van der Waals surface area contributed by atoms with Crippen LogP contribution in [0.4, 0.5) is 10.6 Å². The molecule has 2 N–H and O–H groups in total. The molecule has 1 saturated heterocycles. The van der Waals surface area contributed by atoms with Gasteiger partial charge in [-0.3, -0.25) is 15.0 Å². The van der Waals surface area contributed by atoms with Crippen molar-refractivity contribution in [3.63, 3.8) is 0 Å². The molecule has 1 fully saturated rings. The number of hydrogen-bond donors (Lipinski definition) is 2. The number of urea groups is 1. The lowest BCUT2D eigenvalue weighted by molar-refractivity contribution is -0.390. The van der Waals surface area contributed by atoms with E-state index < -0.39 is 40.7 Å². The van der Waals surface area contributed by atoms with Crippen molar-refractivity contribution < 1.29 is 24.0 Å². The minimum absolute atomic E-state index is 0.211. The molecule has 1 aromatic heterocycles. The van der Waals surface area contributed by atoms with Crippen LogP contribution < -0.4 is 15.5 Å². The second kappa shape index (κ2) is 7.92. The van der Waals surface area contributed by atoms with Crippen LogP contribution in [-0.2, 0) is 15.1 Å². The molecule has 1 unspecified atom stereocenters. The van der Waals surface area contributed by atoms with Gasteiger partial charge in [-0.2, -0.15) is 5.01 Å². The van der Waals surface area contributed by atoms with Gasteiger partial charge >= 0.3 is 11.8 Å². The van der Waals surface area contributed by atoms with Gasteiger partial charge in [0.05, 0.1) is 0 Å². The molecule has 2 aromatic rings. The van der Waals surface area contributed by atoms with Crippen LogP contribution in [-0.4, -0.2) is 39.4 Å². The highest BCUT2D eigenvalue weighted by Gasteiger charge is 2.52. The van der Waals surface area contributed by atoms with E-state index in [-0.39, 0.29) is 12.2 Å². The van der Waals surface area contributed by atoms with E-state index in [1.807, 2.05) is 0 Å². The minimum Gasteiger partial charge on any atom is -0.476 e. The summed E-state index contributed by atoms with van der Waals surface area (Å²) in [5.74, 6) is -2.25. The smallest absolute Gasteiger partial charge is 0.406 e. The highest BCUT2D eigenvalue weighted by molar-refractivity contribution is 6.08. The first kappa shape index (κ1) is 19.7. The quantitative estimate of drug-likeness (QED) is 0.405. The topological polar surface area (TPSA) is 144 Å². The van der Waals surface area contributed by atoms with E-state index in [4.69, 9.17) is 4.74 Å². The fourth-order valence-corrected chi connectivity index (χ4v) is 2.97. The van der Waals surface area contributed by atoms with Gasteiger partial charge in [-0.25, -0.2) is 4.79 Å². The molecule has 1 aliphatic heterocycles. The Labute approximate surface area is 164 Å². The molecule has 2 heterocycles. The maximum Gasteiger partial charge on any atom is 0.406 e. The molecular formula is C18H17N5O6. The van der Waals surface area contributed by atoms with Crippen molar-refractivity contribution in [1.82, 2.24) is 20.7 Å². The molecule has 0 radical (unpaired) electrons. The Bertz CT molecular complexity index is 966. The van der Waals surface area contributed by atoms with Crippen LogP contribution >= 0.6 is 0 Å². The van der Waals surface area contributed by atoms with E-state index in [1.165, 1.54) is 18.3 Å². The summed E-state index contributed by atoms with van der Waals surface area (Å²) in [5.41, 5.74) is 1.46. The first-order valence-electron chi connectivity index (χ1n) is 8.63. The summed E-state index contributed by atoms with van der Waals surface area (Å²) < 4.78 is 5.12. The largest absolute Gasteiger partial charge is 0.476 e. The summed E-state index contributed by atoms with van der Waals surface area (Å²) in [6.45, 7) is 1.08. The van der Waals surface area contributed by atoms with Crippen molar-refractivity contribution in [1.29, 1.82) is 0 Å². The third-order valence-corrected chi connectivity index (χ3v) is 4.41. The third-order valence-electron chi connectivity index (χ3n) is 4.41. The fraction of sp³-hybridized carbons (Fsp3) is 0.222. The number of hydrogen-bond acceptors (Lipinski definition) is 7. The van der Waals surface area contributed by atoms with Crippen LogP contribution in [0.15, 0.2) is 48.7 Å². The summed E-state index contributed by atoms with van der Waals surface area (Å²) in [4.78, 5) is 51.2. The Kier molecular flexibility index (Phi) is 5.39. The molecular weight excluding hydrogens is 382 g/mol. The van der Waals surface area contributed by atoms with Gasteiger partial charge in [0.15, 0.2) is 6.61 Å². The molecule has 4 amide bonds. The second-order valence-electron chi connectivity index (χ2n) is 6.10. The lowest BCUT2D eigenvalue weighted by Crippen LogP contribution is -2.49. The maximum atomic E-state index is 12.9. The molecule has 0 aliphatic carbocycles. The predicted octanol–water partition coefficient (Wildman–Crippen LogP) is 1.26. The molecule has 3 rings (SSSR count). The van der Waals surface area contributed by atoms with Gasteiger partial charge in [0.2, 0.25) is 5.75 Å². The zero-order valence-electron chi connectivity index (χ0n) is 15.3. The Hall–Kier alpha value is -4.02. The van der Waals surface area contributed by atoms with Crippen molar-refractivity contribution in [2.45, 2.75) is 18.9 Å². The van der Waals surface area contributed by atoms with Gasteiger partial charge in [0, 0.05) is 0 Å². The van der Waals surface area contributed by atoms with Crippen LogP contribution in [0.2, 0.25) is 0 Å². The fourth-order valence-electron chi connectivity index (χ4n) is 2.97. The summed E-state index contributed by atoms with van der Waals surface area (Å²) in [6.07, 6.45) is 1.48. The Balaban J connectivity index is 1.70. The van der Waals surface area contributed by atoms with E-state index in [9.17, 15) is 24.5 Å². The Morgan fingerprint density at radius 1 is 1.28 bits per heavy atom. The zero-order valence-corrected chi connectivity index (χ0v) is 15.3. The molecule has 1 atom stereocenters. The van der Waals surface area contributed by atoms with Crippen molar-refractivity contribution in [3.05, 3.63) is 64.3 Å². The minimum atomic E-state index is -1.30. The second-order valence-corrected chi connectivity index (χ2v) is 6.10. The van der Waals surface area contributed by atoms with Gasteiger partial charge in [0.25, 0.3) is 11.8 Å². The van der Waals surface area contributed by atoms with Crippen LogP contribution in [0, 0.1) is 10.1 Å². The normalized spacial score (nSPS) is 18.3. The van der Waals surface area contributed by atoms with Gasteiger partial charge in [-0.15, -0.1) is 0 Å². The molecule has 0 saturated carbocycles. The summed E-state index contributed by atoms with van der Waals surface area (Å²) >= 11 is 0. The highest BCUT2D eigenvalue weighted by atomic mass is 16.6. The van der Waals surface area contributed by atoms with Crippen molar-refractivity contribution in [3.8, 4) is 5.75 Å². The van der Waals surface area contributed by atoms with Gasteiger partial charge in [0.1, 0.15) is 11.7 Å². The van der Waals surface area contributed by atoms with E-state index in [1.54, 1.807) is 37.3 Å².